The van der Waals surface area contributed by atoms with E-state index in [1.807, 2.05) is 0 Å². The first-order valence-corrected chi connectivity index (χ1v) is 2.95. The predicted octanol–water partition coefficient (Wildman–Crippen LogP) is 0.374. The second kappa shape index (κ2) is 3.92. The van der Waals surface area contributed by atoms with Crippen LogP contribution in [0.4, 0.5) is 4.79 Å². The van der Waals surface area contributed by atoms with Gasteiger partial charge < -0.3 is 5.32 Å². The molecule has 0 bridgehead atoms. The van der Waals surface area contributed by atoms with Crippen molar-refractivity contribution in [3.05, 3.63) is 0 Å². The highest BCUT2D eigenvalue weighted by Gasteiger charge is 1.85. The van der Waals surface area contributed by atoms with Gasteiger partial charge in [0.1, 0.15) is 0 Å². The molecule has 0 aliphatic heterocycles. The van der Waals surface area contributed by atoms with Crippen LogP contribution in [-0.4, -0.2) is 17.9 Å². The molecule has 41 valence electrons. The number of alkyl halides is 1. The van der Waals surface area contributed by atoms with Gasteiger partial charge in [-0.05, 0) is 0 Å². The summed E-state index contributed by atoms with van der Waals surface area (Å²) in [7, 11) is 0. The quantitative estimate of drug-likeness (QED) is 0.592. The van der Waals surface area contributed by atoms with Gasteiger partial charge in [-0.2, -0.15) is 0 Å². The van der Waals surface area contributed by atoms with E-state index in [4.69, 9.17) is 5.73 Å². The molecule has 0 heterocycles. The SMILES string of the molecule is [NH]C(=O)NCCBr. The van der Waals surface area contributed by atoms with Crippen molar-refractivity contribution in [2.24, 2.45) is 0 Å². The molecule has 0 unspecified atom stereocenters. The normalized spacial score (nSPS) is 8.14. The van der Waals surface area contributed by atoms with Crippen LogP contribution < -0.4 is 11.1 Å². The van der Waals surface area contributed by atoms with Gasteiger partial charge in [-0.3, -0.25) is 0 Å². The zero-order valence-corrected chi connectivity index (χ0v) is 5.29. The molecule has 7 heavy (non-hydrogen) atoms. The number of halogens is 1. The Balaban J connectivity index is 2.82. The molecule has 2 amide bonds. The van der Waals surface area contributed by atoms with Crippen LogP contribution in [-0.2, 0) is 0 Å². The largest absolute Gasteiger partial charge is 0.336 e. The summed E-state index contributed by atoms with van der Waals surface area (Å²) in [6, 6.07) is -0.723. The van der Waals surface area contributed by atoms with Gasteiger partial charge in [0.15, 0.2) is 0 Å². The number of nitrogens with one attached hydrogen (secondary N) is 2. The third kappa shape index (κ3) is 5.75. The maximum atomic E-state index is 9.74. The van der Waals surface area contributed by atoms with E-state index in [0.29, 0.717) is 11.9 Å². The van der Waals surface area contributed by atoms with Gasteiger partial charge in [0, 0.05) is 11.9 Å². The molecule has 0 aromatic heterocycles. The first kappa shape index (κ1) is 6.75. The average Bonchev–Trinajstić information content (AvgIpc) is 1.61. The van der Waals surface area contributed by atoms with Crippen LogP contribution in [0.15, 0.2) is 0 Å². The summed E-state index contributed by atoms with van der Waals surface area (Å²) in [5, 5.41) is 2.98. The molecule has 0 fully saturated rings. The highest BCUT2D eigenvalue weighted by Crippen LogP contribution is 1.72. The minimum absolute atomic E-state index is 0.530. The second-order valence-corrected chi connectivity index (χ2v) is 1.74. The number of hydrogen-bond acceptors (Lipinski definition) is 1. The minimum atomic E-state index is -0.723. The maximum absolute atomic E-state index is 9.74. The zero-order chi connectivity index (χ0) is 5.70. The molecule has 0 saturated heterocycles. The fraction of sp³-hybridized carbons (Fsp3) is 0.667. The van der Waals surface area contributed by atoms with E-state index in [1.54, 1.807) is 0 Å². The fourth-order valence-electron chi connectivity index (χ4n) is 0.161. The van der Waals surface area contributed by atoms with Crippen LogP contribution in [0.25, 0.3) is 0 Å². The Morgan fingerprint density at radius 3 is 2.57 bits per heavy atom. The fourth-order valence-corrected chi connectivity index (χ4v) is 0.359. The molecular formula is C3H6BrN2O. The molecular weight excluding hydrogens is 160 g/mol. The summed E-state index contributed by atoms with van der Waals surface area (Å²) in [5.74, 6) is 0. The number of hydrogen-bond donors (Lipinski definition) is 1. The van der Waals surface area contributed by atoms with Crippen molar-refractivity contribution in [3.63, 3.8) is 0 Å². The topological polar surface area (TPSA) is 52.9 Å². The Morgan fingerprint density at radius 1 is 1.86 bits per heavy atom. The smallest absolute Gasteiger partial charge is 0.333 e. The van der Waals surface area contributed by atoms with Gasteiger partial charge >= 0.3 is 6.03 Å². The van der Waals surface area contributed by atoms with Crippen LogP contribution in [0.5, 0.6) is 0 Å². The van der Waals surface area contributed by atoms with E-state index < -0.39 is 6.03 Å². The van der Waals surface area contributed by atoms with Crippen LogP contribution in [0, 0.1) is 0 Å². The van der Waals surface area contributed by atoms with Crippen molar-refractivity contribution < 1.29 is 4.79 Å². The second-order valence-electron chi connectivity index (χ2n) is 0.945. The number of carbonyl (C=O) groups is 1. The molecule has 0 saturated carbocycles. The minimum Gasteiger partial charge on any atom is -0.336 e. The Labute approximate surface area is 50.4 Å². The molecule has 0 rings (SSSR count). The summed E-state index contributed by atoms with van der Waals surface area (Å²) in [6.45, 7) is 0.530. The standard InChI is InChI=1S/C3H6BrN2O/c4-1-2-6-3(5)7/h5H,1-2H2,(H,6,7). The molecule has 0 aromatic rings. The lowest BCUT2D eigenvalue weighted by Gasteiger charge is -1.91. The van der Waals surface area contributed by atoms with Crippen molar-refractivity contribution in [1.29, 1.82) is 0 Å². The molecule has 3 nitrogen and oxygen atoms in total. The molecule has 4 heteroatoms. The molecule has 0 aromatic carbocycles. The summed E-state index contributed by atoms with van der Waals surface area (Å²) in [6.07, 6.45) is 0. The number of rotatable bonds is 2. The summed E-state index contributed by atoms with van der Waals surface area (Å²) in [4.78, 5) is 9.74. The Bertz CT molecular complexity index is 66.0. The Morgan fingerprint density at radius 2 is 2.43 bits per heavy atom. The van der Waals surface area contributed by atoms with Crippen molar-refractivity contribution in [3.8, 4) is 0 Å². The first-order chi connectivity index (χ1) is 3.27. The third-order valence-corrected chi connectivity index (χ3v) is 0.777. The van der Waals surface area contributed by atoms with Gasteiger partial charge in [0.2, 0.25) is 0 Å². The van der Waals surface area contributed by atoms with E-state index in [9.17, 15) is 4.79 Å². The van der Waals surface area contributed by atoms with E-state index >= 15 is 0 Å². The summed E-state index contributed by atoms with van der Waals surface area (Å²) < 4.78 is 0. The van der Waals surface area contributed by atoms with Crippen molar-refractivity contribution >= 4 is 22.0 Å². The molecule has 2 N–H and O–H groups in total. The monoisotopic (exact) mass is 165 g/mol. The van der Waals surface area contributed by atoms with Gasteiger partial charge in [0.25, 0.3) is 0 Å². The zero-order valence-electron chi connectivity index (χ0n) is 3.70. The maximum Gasteiger partial charge on any atom is 0.333 e. The highest BCUT2D eigenvalue weighted by molar-refractivity contribution is 9.09. The lowest BCUT2D eigenvalue weighted by Crippen LogP contribution is -2.23. The van der Waals surface area contributed by atoms with Gasteiger partial charge in [-0.25, -0.2) is 10.5 Å². The summed E-state index contributed by atoms with van der Waals surface area (Å²) >= 11 is 3.08. The molecule has 0 spiro atoms. The number of urea groups is 1. The predicted molar refractivity (Wildman–Crippen MR) is 30.3 cm³/mol. The van der Waals surface area contributed by atoms with Gasteiger partial charge in [-0.15, -0.1) is 0 Å². The van der Waals surface area contributed by atoms with E-state index in [0.717, 1.165) is 0 Å². The molecule has 0 aliphatic rings. The summed E-state index contributed by atoms with van der Waals surface area (Å²) in [5.41, 5.74) is 6.31. The van der Waals surface area contributed by atoms with Crippen LogP contribution in [0.2, 0.25) is 0 Å². The molecule has 1 radical (unpaired) electrons. The van der Waals surface area contributed by atoms with Crippen molar-refractivity contribution in [2.45, 2.75) is 0 Å². The van der Waals surface area contributed by atoms with E-state index in [1.165, 1.54) is 0 Å². The van der Waals surface area contributed by atoms with Crippen molar-refractivity contribution in [1.82, 2.24) is 11.1 Å². The Hall–Kier alpha value is -0.250. The van der Waals surface area contributed by atoms with Gasteiger partial charge in [-0.1, -0.05) is 15.9 Å². The third-order valence-electron chi connectivity index (χ3n) is 0.380. The van der Waals surface area contributed by atoms with Crippen LogP contribution in [0.3, 0.4) is 0 Å². The first-order valence-electron chi connectivity index (χ1n) is 1.82. The molecule has 0 atom stereocenters. The molecule has 0 aliphatic carbocycles. The lowest BCUT2D eigenvalue weighted by atomic mass is 10.7. The average molecular weight is 166 g/mol. The van der Waals surface area contributed by atoms with E-state index in [2.05, 4.69) is 21.2 Å². The van der Waals surface area contributed by atoms with Crippen LogP contribution >= 0.6 is 15.9 Å². The van der Waals surface area contributed by atoms with Crippen molar-refractivity contribution in [2.75, 3.05) is 11.9 Å². The lowest BCUT2D eigenvalue weighted by molar-refractivity contribution is 0.248. The highest BCUT2D eigenvalue weighted by atomic mass is 79.9. The Kier molecular flexibility index (Phi) is 3.78. The van der Waals surface area contributed by atoms with E-state index in [-0.39, 0.29) is 0 Å². The number of carbonyl (C=O) groups excluding carboxylic acids is 1. The number of amides is 2. The van der Waals surface area contributed by atoms with Crippen LogP contribution in [0.1, 0.15) is 0 Å². The van der Waals surface area contributed by atoms with Gasteiger partial charge in [0.05, 0.1) is 0 Å².